The fourth-order valence-corrected chi connectivity index (χ4v) is 3.19. The van der Waals surface area contributed by atoms with Crippen LogP contribution in [-0.4, -0.2) is 21.9 Å². The van der Waals surface area contributed by atoms with Gasteiger partial charge in [0, 0.05) is 35.5 Å². The van der Waals surface area contributed by atoms with Crippen molar-refractivity contribution in [2.75, 3.05) is 0 Å². The van der Waals surface area contributed by atoms with E-state index in [2.05, 4.69) is 15.3 Å². The molecule has 1 amide bonds. The lowest BCUT2D eigenvalue weighted by atomic mass is 10.1. The second-order valence-electron chi connectivity index (χ2n) is 7.06. The SMILES string of the molecule is Cc1cccnc1C[C@@H](C)NC(=O)c1ccc2oc(-c3cccc(F)c3)nc2c1. The second kappa shape index (κ2) is 7.83. The van der Waals surface area contributed by atoms with Gasteiger partial charge in [-0.1, -0.05) is 12.1 Å². The van der Waals surface area contributed by atoms with Gasteiger partial charge >= 0.3 is 0 Å². The molecule has 0 aliphatic heterocycles. The Kier molecular flexibility index (Phi) is 5.08. The minimum Gasteiger partial charge on any atom is -0.436 e. The van der Waals surface area contributed by atoms with Crippen LogP contribution in [0.1, 0.15) is 28.5 Å². The lowest BCUT2D eigenvalue weighted by molar-refractivity contribution is 0.0940. The Morgan fingerprint density at radius 1 is 1.17 bits per heavy atom. The fourth-order valence-electron chi connectivity index (χ4n) is 3.19. The molecular formula is C23H20FN3O2. The average Bonchev–Trinajstić information content (AvgIpc) is 3.13. The van der Waals surface area contributed by atoms with E-state index < -0.39 is 0 Å². The number of oxazole rings is 1. The molecule has 0 saturated carbocycles. The highest BCUT2D eigenvalue weighted by molar-refractivity contribution is 5.97. The molecule has 2 aromatic carbocycles. The summed E-state index contributed by atoms with van der Waals surface area (Å²) in [7, 11) is 0. The van der Waals surface area contributed by atoms with E-state index in [-0.39, 0.29) is 17.8 Å². The highest BCUT2D eigenvalue weighted by Gasteiger charge is 2.15. The highest BCUT2D eigenvalue weighted by atomic mass is 19.1. The van der Waals surface area contributed by atoms with Crippen molar-refractivity contribution in [3.63, 3.8) is 0 Å². The van der Waals surface area contributed by atoms with E-state index in [1.54, 1.807) is 36.5 Å². The average molecular weight is 389 g/mol. The summed E-state index contributed by atoms with van der Waals surface area (Å²) in [6.07, 6.45) is 2.40. The summed E-state index contributed by atoms with van der Waals surface area (Å²) < 4.78 is 19.2. The molecule has 0 aliphatic rings. The van der Waals surface area contributed by atoms with E-state index in [1.165, 1.54) is 12.1 Å². The Hall–Kier alpha value is -3.54. The fraction of sp³-hybridized carbons (Fsp3) is 0.174. The van der Waals surface area contributed by atoms with E-state index in [0.717, 1.165) is 11.3 Å². The molecule has 4 rings (SSSR count). The van der Waals surface area contributed by atoms with E-state index >= 15 is 0 Å². The van der Waals surface area contributed by atoms with Crippen molar-refractivity contribution in [1.29, 1.82) is 0 Å². The summed E-state index contributed by atoms with van der Waals surface area (Å²) in [4.78, 5) is 21.4. The van der Waals surface area contributed by atoms with Crippen molar-refractivity contribution in [3.05, 3.63) is 83.4 Å². The van der Waals surface area contributed by atoms with E-state index in [0.29, 0.717) is 34.5 Å². The smallest absolute Gasteiger partial charge is 0.251 e. The normalized spacial score (nSPS) is 12.1. The lowest BCUT2D eigenvalue weighted by Crippen LogP contribution is -2.34. The van der Waals surface area contributed by atoms with Crippen molar-refractivity contribution in [3.8, 4) is 11.5 Å². The maximum atomic E-state index is 13.5. The summed E-state index contributed by atoms with van der Waals surface area (Å²) in [6, 6.07) is 14.9. The molecule has 0 aliphatic carbocycles. The van der Waals surface area contributed by atoms with E-state index in [1.807, 2.05) is 26.0 Å². The number of rotatable bonds is 5. The number of pyridine rings is 1. The third-order valence-electron chi connectivity index (χ3n) is 4.72. The van der Waals surface area contributed by atoms with Gasteiger partial charge in [0.1, 0.15) is 11.3 Å². The number of halogens is 1. The third-order valence-corrected chi connectivity index (χ3v) is 4.72. The molecule has 29 heavy (non-hydrogen) atoms. The van der Waals surface area contributed by atoms with Crippen molar-refractivity contribution < 1.29 is 13.6 Å². The molecule has 0 spiro atoms. The number of nitrogens with one attached hydrogen (secondary N) is 1. The van der Waals surface area contributed by atoms with Gasteiger partial charge in [0.05, 0.1) is 0 Å². The first-order valence-corrected chi connectivity index (χ1v) is 9.37. The molecule has 146 valence electrons. The zero-order valence-electron chi connectivity index (χ0n) is 16.1. The monoisotopic (exact) mass is 389 g/mol. The van der Waals surface area contributed by atoms with Crippen LogP contribution in [-0.2, 0) is 6.42 Å². The molecule has 6 heteroatoms. The molecule has 2 heterocycles. The van der Waals surface area contributed by atoms with Crippen LogP contribution in [0.15, 0.2) is 65.2 Å². The van der Waals surface area contributed by atoms with Gasteiger partial charge in [0.15, 0.2) is 5.58 Å². The molecule has 5 nitrogen and oxygen atoms in total. The molecule has 1 atom stereocenters. The van der Waals surface area contributed by atoms with Crippen molar-refractivity contribution in [2.24, 2.45) is 0 Å². The number of amides is 1. The Labute approximate surface area is 167 Å². The lowest BCUT2D eigenvalue weighted by Gasteiger charge is -2.14. The van der Waals surface area contributed by atoms with Crippen LogP contribution in [0.5, 0.6) is 0 Å². The minimum atomic E-state index is -0.359. The van der Waals surface area contributed by atoms with Crippen molar-refractivity contribution in [1.82, 2.24) is 15.3 Å². The molecular weight excluding hydrogens is 369 g/mol. The number of hydrogen-bond acceptors (Lipinski definition) is 4. The second-order valence-corrected chi connectivity index (χ2v) is 7.06. The molecule has 0 saturated heterocycles. The number of fused-ring (bicyclic) bond motifs is 1. The summed E-state index contributed by atoms with van der Waals surface area (Å²) in [5, 5.41) is 3.00. The summed E-state index contributed by atoms with van der Waals surface area (Å²) in [5.74, 6) is -0.235. The van der Waals surface area contributed by atoms with Gasteiger partial charge in [-0.05, 0) is 61.9 Å². The quantitative estimate of drug-likeness (QED) is 0.537. The molecule has 0 bridgehead atoms. The van der Waals surface area contributed by atoms with E-state index in [9.17, 15) is 9.18 Å². The molecule has 2 aromatic heterocycles. The Bertz CT molecular complexity index is 1190. The third kappa shape index (κ3) is 4.16. The summed E-state index contributed by atoms with van der Waals surface area (Å²) >= 11 is 0. The first-order chi connectivity index (χ1) is 14.0. The van der Waals surface area contributed by atoms with Gasteiger partial charge in [0.2, 0.25) is 5.89 Å². The van der Waals surface area contributed by atoms with Gasteiger partial charge in [-0.2, -0.15) is 0 Å². The van der Waals surface area contributed by atoms with Gasteiger partial charge in [-0.25, -0.2) is 9.37 Å². The number of nitrogens with zero attached hydrogens (tertiary/aromatic N) is 2. The predicted molar refractivity (Wildman–Crippen MR) is 109 cm³/mol. The summed E-state index contributed by atoms with van der Waals surface area (Å²) in [6.45, 7) is 3.95. The molecule has 0 fully saturated rings. The Morgan fingerprint density at radius 2 is 2.03 bits per heavy atom. The number of benzene rings is 2. The number of hydrogen-bond donors (Lipinski definition) is 1. The Balaban J connectivity index is 1.51. The van der Waals surface area contributed by atoms with Crippen LogP contribution in [0.25, 0.3) is 22.6 Å². The molecule has 0 radical (unpaired) electrons. The van der Waals surface area contributed by atoms with Crippen LogP contribution in [0, 0.1) is 12.7 Å². The van der Waals surface area contributed by atoms with Gasteiger partial charge < -0.3 is 9.73 Å². The zero-order valence-corrected chi connectivity index (χ0v) is 16.1. The van der Waals surface area contributed by atoms with E-state index in [4.69, 9.17) is 4.42 Å². The highest BCUT2D eigenvalue weighted by Crippen LogP contribution is 2.25. The first kappa shape index (κ1) is 18.8. The Morgan fingerprint density at radius 3 is 2.83 bits per heavy atom. The van der Waals surface area contributed by atoms with Crippen LogP contribution in [0.4, 0.5) is 4.39 Å². The van der Waals surface area contributed by atoms with Crippen LogP contribution >= 0.6 is 0 Å². The maximum absolute atomic E-state index is 13.5. The minimum absolute atomic E-state index is 0.0769. The number of carbonyl (C=O) groups excluding carboxylic acids is 1. The number of aromatic nitrogens is 2. The summed E-state index contributed by atoms with van der Waals surface area (Å²) in [5.41, 5.74) is 4.19. The van der Waals surface area contributed by atoms with Gasteiger partial charge in [-0.3, -0.25) is 9.78 Å². The van der Waals surface area contributed by atoms with Crippen LogP contribution in [0.3, 0.4) is 0 Å². The van der Waals surface area contributed by atoms with Gasteiger partial charge in [-0.15, -0.1) is 0 Å². The van der Waals surface area contributed by atoms with Crippen molar-refractivity contribution in [2.45, 2.75) is 26.3 Å². The van der Waals surface area contributed by atoms with Gasteiger partial charge in [0.25, 0.3) is 5.91 Å². The standard InChI is InChI=1S/C23H20FN3O2/c1-14-5-4-10-25-19(14)11-15(2)26-22(28)16-8-9-21-20(13-16)27-23(29-21)17-6-3-7-18(24)12-17/h3-10,12-13,15H,11H2,1-2H3,(H,26,28)/t15-/m1/s1. The van der Waals surface area contributed by atoms with Crippen LogP contribution in [0.2, 0.25) is 0 Å². The topological polar surface area (TPSA) is 68.0 Å². The zero-order chi connectivity index (χ0) is 20.4. The largest absolute Gasteiger partial charge is 0.436 e. The molecule has 4 aromatic rings. The van der Waals surface area contributed by atoms with Crippen molar-refractivity contribution >= 4 is 17.0 Å². The number of aryl methyl sites for hydroxylation is 1. The molecule has 0 unspecified atom stereocenters. The molecule has 1 N–H and O–H groups in total. The maximum Gasteiger partial charge on any atom is 0.251 e. The predicted octanol–water partition coefficient (Wildman–Crippen LogP) is 4.70. The first-order valence-electron chi connectivity index (χ1n) is 9.37. The number of carbonyl (C=O) groups is 1. The van der Waals surface area contributed by atoms with Crippen LogP contribution < -0.4 is 5.32 Å².